The summed E-state index contributed by atoms with van der Waals surface area (Å²) in [4.78, 5) is 10.5. The number of hydrogen-bond donors (Lipinski definition) is 3. The average molecular weight is 253 g/mol. The van der Waals surface area contributed by atoms with Crippen LogP contribution < -0.4 is 4.72 Å². The van der Waals surface area contributed by atoms with Gasteiger partial charge in [-0.25, -0.2) is 13.1 Å². The molecule has 0 aliphatic carbocycles. The Morgan fingerprint density at radius 3 is 2.38 bits per heavy atom. The molecule has 7 heteroatoms. The van der Waals surface area contributed by atoms with Gasteiger partial charge in [-0.3, -0.25) is 4.79 Å². The lowest BCUT2D eigenvalue weighted by Crippen LogP contribution is -2.39. The molecule has 2 unspecified atom stereocenters. The molecular formula is C9H19NO5S. The van der Waals surface area contributed by atoms with Crippen LogP contribution >= 0.6 is 0 Å². The highest BCUT2D eigenvalue weighted by atomic mass is 32.2. The molecular weight excluding hydrogens is 234 g/mol. The summed E-state index contributed by atoms with van der Waals surface area (Å²) in [5.41, 5.74) is 0. The first-order valence-corrected chi connectivity index (χ1v) is 6.71. The van der Waals surface area contributed by atoms with Crippen molar-refractivity contribution >= 4 is 16.0 Å². The second-order valence-corrected chi connectivity index (χ2v) is 5.75. The molecule has 0 radical (unpaired) electrons. The number of aliphatic hydroxyl groups is 1. The Balaban J connectivity index is 4.33. The zero-order valence-corrected chi connectivity index (χ0v) is 10.3. The molecule has 0 saturated carbocycles. The predicted octanol–water partition coefficient (Wildman–Crippen LogP) is -0.212. The molecule has 0 fully saturated rings. The maximum Gasteiger partial charge on any atom is 0.323 e. The summed E-state index contributed by atoms with van der Waals surface area (Å²) in [7, 11) is -3.81. The number of rotatable bonds is 8. The van der Waals surface area contributed by atoms with E-state index in [0.29, 0.717) is 6.42 Å². The van der Waals surface area contributed by atoms with Crippen LogP contribution in [0.2, 0.25) is 0 Å². The minimum Gasteiger partial charge on any atom is -0.480 e. The van der Waals surface area contributed by atoms with Crippen LogP contribution in [0.4, 0.5) is 0 Å². The fourth-order valence-electron chi connectivity index (χ4n) is 1.12. The van der Waals surface area contributed by atoms with Gasteiger partial charge in [0.05, 0.1) is 0 Å². The minimum absolute atomic E-state index is 0.00524. The SMILES string of the molecule is CCC(CCO)CNS(=O)(=O)C(C)C(=O)O. The van der Waals surface area contributed by atoms with Crippen molar-refractivity contribution < 1.29 is 23.4 Å². The van der Waals surface area contributed by atoms with Crippen molar-refractivity contribution in [3.63, 3.8) is 0 Å². The molecule has 0 amide bonds. The summed E-state index contributed by atoms with van der Waals surface area (Å²) in [6.45, 7) is 3.17. The van der Waals surface area contributed by atoms with Gasteiger partial charge in [-0.05, 0) is 19.3 Å². The van der Waals surface area contributed by atoms with Gasteiger partial charge in [0.25, 0.3) is 0 Å². The summed E-state index contributed by atoms with van der Waals surface area (Å²) in [5, 5.41) is 15.8. The number of sulfonamides is 1. The quantitative estimate of drug-likeness (QED) is 0.555. The average Bonchev–Trinajstić information content (AvgIpc) is 2.22. The number of carboxylic acid groups (broad SMARTS) is 1. The van der Waals surface area contributed by atoms with E-state index in [1.165, 1.54) is 0 Å². The second kappa shape index (κ2) is 6.82. The molecule has 2 atom stereocenters. The molecule has 0 aromatic carbocycles. The van der Waals surface area contributed by atoms with Crippen molar-refractivity contribution in [3.05, 3.63) is 0 Å². The Labute approximate surface area is 95.7 Å². The van der Waals surface area contributed by atoms with Gasteiger partial charge in [-0.2, -0.15) is 0 Å². The first-order valence-electron chi connectivity index (χ1n) is 5.17. The van der Waals surface area contributed by atoms with E-state index >= 15 is 0 Å². The first-order chi connectivity index (χ1) is 7.35. The molecule has 0 spiro atoms. The molecule has 0 aliphatic heterocycles. The molecule has 0 saturated heterocycles. The maximum absolute atomic E-state index is 11.4. The fourth-order valence-corrected chi connectivity index (χ4v) is 2.11. The van der Waals surface area contributed by atoms with Gasteiger partial charge in [0.2, 0.25) is 10.0 Å². The van der Waals surface area contributed by atoms with Crippen LogP contribution in [0, 0.1) is 5.92 Å². The molecule has 16 heavy (non-hydrogen) atoms. The van der Waals surface area contributed by atoms with Gasteiger partial charge >= 0.3 is 5.97 Å². The molecule has 0 aromatic rings. The van der Waals surface area contributed by atoms with Crippen LogP contribution in [0.5, 0.6) is 0 Å². The Morgan fingerprint density at radius 1 is 1.44 bits per heavy atom. The number of hydrogen-bond acceptors (Lipinski definition) is 4. The number of aliphatic carboxylic acids is 1. The summed E-state index contributed by atoms with van der Waals surface area (Å²) < 4.78 is 25.1. The number of aliphatic hydroxyl groups excluding tert-OH is 1. The maximum atomic E-state index is 11.4. The standard InChI is InChI=1S/C9H19NO5S/c1-3-8(4-5-11)6-10-16(14,15)7(2)9(12)13/h7-8,10-11H,3-6H2,1-2H3,(H,12,13). The molecule has 6 nitrogen and oxygen atoms in total. The van der Waals surface area contributed by atoms with Gasteiger partial charge in [0.1, 0.15) is 0 Å². The van der Waals surface area contributed by atoms with Crippen LogP contribution in [0.15, 0.2) is 0 Å². The summed E-state index contributed by atoms with van der Waals surface area (Å²) in [5.74, 6) is -1.34. The molecule has 96 valence electrons. The fraction of sp³-hybridized carbons (Fsp3) is 0.889. The van der Waals surface area contributed by atoms with E-state index in [1.54, 1.807) is 0 Å². The van der Waals surface area contributed by atoms with E-state index in [0.717, 1.165) is 13.3 Å². The van der Waals surface area contributed by atoms with Crippen LogP contribution in [-0.4, -0.2) is 43.0 Å². The van der Waals surface area contributed by atoms with Crippen molar-refractivity contribution in [2.45, 2.75) is 31.9 Å². The van der Waals surface area contributed by atoms with Crippen molar-refractivity contribution in [2.24, 2.45) is 5.92 Å². The van der Waals surface area contributed by atoms with Crippen LogP contribution in [0.3, 0.4) is 0 Å². The minimum atomic E-state index is -3.81. The van der Waals surface area contributed by atoms with E-state index < -0.39 is 21.2 Å². The Bertz CT molecular complexity index is 314. The van der Waals surface area contributed by atoms with Gasteiger partial charge in [0, 0.05) is 13.2 Å². The van der Waals surface area contributed by atoms with Crippen molar-refractivity contribution in [1.82, 2.24) is 4.72 Å². The number of nitrogens with one attached hydrogen (secondary N) is 1. The smallest absolute Gasteiger partial charge is 0.323 e. The zero-order valence-electron chi connectivity index (χ0n) is 9.51. The Kier molecular flexibility index (Phi) is 6.54. The largest absolute Gasteiger partial charge is 0.480 e. The van der Waals surface area contributed by atoms with Crippen molar-refractivity contribution in [1.29, 1.82) is 0 Å². The second-order valence-electron chi connectivity index (χ2n) is 3.66. The van der Waals surface area contributed by atoms with Crippen LogP contribution in [0.25, 0.3) is 0 Å². The normalized spacial score (nSPS) is 15.7. The molecule has 0 aromatic heterocycles. The topological polar surface area (TPSA) is 104 Å². The summed E-state index contributed by atoms with van der Waals surface area (Å²) in [6.07, 6.45) is 1.23. The molecule has 0 bridgehead atoms. The number of carbonyl (C=O) groups is 1. The molecule has 0 aliphatic rings. The van der Waals surface area contributed by atoms with E-state index in [2.05, 4.69) is 4.72 Å². The zero-order chi connectivity index (χ0) is 12.8. The van der Waals surface area contributed by atoms with Gasteiger partial charge in [-0.1, -0.05) is 13.3 Å². The molecule has 0 heterocycles. The lowest BCUT2D eigenvalue weighted by molar-refractivity contribution is -0.136. The Morgan fingerprint density at radius 2 is 2.00 bits per heavy atom. The third kappa shape index (κ3) is 4.91. The van der Waals surface area contributed by atoms with Crippen LogP contribution in [0.1, 0.15) is 26.7 Å². The Hall–Kier alpha value is -0.660. The van der Waals surface area contributed by atoms with Gasteiger partial charge in [0.15, 0.2) is 5.25 Å². The highest BCUT2D eigenvalue weighted by Gasteiger charge is 2.27. The monoisotopic (exact) mass is 253 g/mol. The summed E-state index contributed by atoms with van der Waals surface area (Å²) in [6, 6.07) is 0. The van der Waals surface area contributed by atoms with E-state index in [1.807, 2.05) is 6.92 Å². The lowest BCUT2D eigenvalue weighted by atomic mass is 10.0. The lowest BCUT2D eigenvalue weighted by Gasteiger charge is -2.16. The summed E-state index contributed by atoms with van der Waals surface area (Å²) >= 11 is 0. The highest BCUT2D eigenvalue weighted by molar-refractivity contribution is 7.90. The van der Waals surface area contributed by atoms with E-state index in [4.69, 9.17) is 10.2 Å². The molecule has 3 N–H and O–H groups in total. The third-order valence-corrected chi connectivity index (χ3v) is 4.20. The first kappa shape index (κ1) is 15.3. The van der Waals surface area contributed by atoms with Crippen molar-refractivity contribution in [2.75, 3.05) is 13.2 Å². The van der Waals surface area contributed by atoms with E-state index in [9.17, 15) is 13.2 Å². The van der Waals surface area contributed by atoms with E-state index in [-0.39, 0.29) is 19.1 Å². The third-order valence-electron chi connectivity index (χ3n) is 2.50. The molecule has 0 rings (SSSR count). The van der Waals surface area contributed by atoms with Crippen molar-refractivity contribution in [3.8, 4) is 0 Å². The predicted molar refractivity (Wildman–Crippen MR) is 59.5 cm³/mol. The van der Waals surface area contributed by atoms with Gasteiger partial charge < -0.3 is 10.2 Å². The number of carboxylic acids is 1. The van der Waals surface area contributed by atoms with Crippen LogP contribution in [-0.2, 0) is 14.8 Å². The van der Waals surface area contributed by atoms with Gasteiger partial charge in [-0.15, -0.1) is 0 Å². The highest BCUT2D eigenvalue weighted by Crippen LogP contribution is 2.07.